The lowest BCUT2D eigenvalue weighted by Gasteiger charge is -2.40. The second-order valence-corrected chi connectivity index (χ2v) is 8.08. The summed E-state index contributed by atoms with van der Waals surface area (Å²) < 4.78 is 17.9. The van der Waals surface area contributed by atoms with E-state index in [9.17, 15) is 5.11 Å². The molecule has 3 fully saturated rings. The minimum atomic E-state index is -0.525. The summed E-state index contributed by atoms with van der Waals surface area (Å²) in [6.07, 6.45) is 1.54. The molecule has 25 heavy (non-hydrogen) atoms. The Morgan fingerprint density at radius 3 is 2.80 bits per heavy atom. The summed E-state index contributed by atoms with van der Waals surface area (Å²) in [5.41, 5.74) is 1.20. The van der Waals surface area contributed by atoms with Crippen molar-refractivity contribution in [2.24, 2.45) is 5.92 Å². The Bertz CT molecular complexity index is 578. The van der Waals surface area contributed by atoms with E-state index in [-0.39, 0.29) is 24.4 Å². The maximum absolute atomic E-state index is 10.7. The summed E-state index contributed by atoms with van der Waals surface area (Å²) in [5, 5.41) is 10.7. The number of aliphatic hydroxyl groups excluding tert-OH is 1. The number of fused-ring (bicyclic) bond motifs is 3. The van der Waals surface area contributed by atoms with Gasteiger partial charge in [-0.1, -0.05) is 30.3 Å². The molecule has 0 spiro atoms. The van der Waals surface area contributed by atoms with E-state index in [1.54, 1.807) is 0 Å². The summed E-state index contributed by atoms with van der Waals surface area (Å²) in [5.74, 6) is -0.0580. The smallest absolute Gasteiger partial charge is 0.163 e. The molecule has 5 atom stereocenters. The molecule has 0 bridgehead atoms. The number of nitrogens with zero attached hydrogens (tertiary/aromatic N) is 1. The van der Waals surface area contributed by atoms with Crippen LogP contribution in [0.15, 0.2) is 30.3 Å². The Morgan fingerprint density at radius 2 is 2.00 bits per heavy atom. The van der Waals surface area contributed by atoms with Crippen LogP contribution in [-0.2, 0) is 20.8 Å². The normalized spacial score (nSPS) is 37.0. The molecule has 3 heterocycles. The predicted molar refractivity (Wildman–Crippen MR) is 94.0 cm³/mol. The zero-order valence-electron chi connectivity index (χ0n) is 15.1. The van der Waals surface area contributed by atoms with Gasteiger partial charge in [0.25, 0.3) is 0 Å². The van der Waals surface area contributed by atoms with Gasteiger partial charge in [0.05, 0.1) is 18.8 Å². The van der Waals surface area contributed by atoms with Crippen molar-refractivity contribution in [3.8, 4) is 0 Å². The monoisotopic (exact) mass is 347 g/mol. The topological polar surface area (TPSA) is 51.2 Å². The van der Waals surface area contributed by atoms with Crippen LogP contribution < -0.4 is 0 Å². The number of aliphatic hydroxyl groups is 1. The van der Waals surface area contributed by atoms with E-state index >= 15 is 0 Å². The molecule has 0 aromatic heterocycles. The van der Waals surface area contributed by atoms with Gasteiger partial charge in [0.2, 0.25) is 0 Å². The van der Waals surface area contributed by atoms with Crippen LogP contribution in [0.1, 0.15) is 32.3 Å². The lowest BCUT2D eigenvalue weighted by atomic mass is 9.88. The molecule has 3 aliphatic heterocycles. The molecule has 0 amide bonds. The number of hydrogen-bond donors (Lipinski definition) is 1. The van der Waals surface area contributed by atoms with Crippen LogP contribution in [0.25, 0.3) is 0 Å². The zero-order valence-corrected chi connectivity index (χ0v) is 15.1. The Hall–Kier alpha value is -0.980. The predicted octanol–water partition coefficient (Wildman–Crippen LogP) is 2.18. The first-order valence-electron chi connectivity index (χ1n) is 9.41. The van der Waals surface area contributed by atoms with Gasteiger partial charge >= 0.3 is 0 Å². The van der Waals surface area contributed by atoms with Gasteiger partial charge < -0.3 is 19.3 Å². The van der Waals surface area contributed by atoms with Gasteiger partial charge in [-0.2, -0.15) is 0 Å². The Kier molecular flexibility index (Phi) is 4.86. The van der Waals surface area contributed by atoms with E-state index in [1.165, 1.54) is 5.56 Å². The first kappa shape index (κ1) is 17.4. The molecular weight excluding hydrogens is 318 g/mol. The third-order valence-electron chi connectivity index (χ3n) is 5.64. The molecule has 4 rings (SSSR count). The van der Waals surface area contributed by atoms with E-state index in [0.717, 1.165) is 32.5 Å². The standard InChI is InChI=1S/C20H29NO4/c1-20(2)24-17-12-21-11-15(10-16(22)18(21)19(17)25-20)8-9-23-13-14-6-4-3-5-7-14/h3-7,15-19,22H,8-13H2,1-2H3/t15-,16-,17?,18-,19-/m1/s1. The van der Waals surface area contributed by atoms with Gasteiger partial charge in [-0.25, -0.2) is 0 Å². The van der Waals surface area contributed by atoms with E-state index in [1.807, 2.05) is 32.0 Å². The second kappa shape index (κ2) is 6.97. The van der Waals surface area contributed by atoms with E-state index in [2.05, 4.69) is 17.0 Å². The maximum atomic E-state index is 10.7. The number of piperidine rings is 1. The van der Waals surface area contributed by atoms with Gasteiger partial charge in [0.1, 0.15) is 12.2 Å². The molecule has 138 valence electrons. The molecule has 0 saturated carbocycles. The Balaban J connectivity index is 1.25. The Labute approximate surface area is 149 Å². The molecule has 1 aromatic rings. The third-order valence-corrected chi connectivity index (χ3v) is 5.64. The van der Waals surface area contributed by atoms with Crippen LogP contribution in [0.4, 0.5) is 0 Å². The fraction of sp³-hybridized carbons (Fsp3) is 0.700. The zero-order chi connectivity index (χ0) is 17.4. The molecule has 1 unspecified atom stereocenters. The molecule has 3 aliphatic rings. The average Bonchev–Trinajstić information content (AvgIpc) is 3.03. The van der Waals surface area contributed by atoms with Crippen LogP contribution in [0, 0.1) is 5.92 Å². The summed E-state index contributed by atoms with van der Waals surface area (Å²) in [6, 6.07) is 10.3. The minimum absolute atomic E-state index is 0.000260. The lowest BCUT2D eigenvalue weighted by molar-refractivity contribution is -0.172. The lowest BCUT2D eigenvalue weighted by Crippen LogP contribution is -2.53. The second-order valence-electron chi connectivity index (χ2n) is 8.08. The largest absolute Gasteiger partial charge is 0.391 e. The van der Waals surface area contributed by atoms with Crippen molar-refractivity contribution < 1.29 is 19.3 Å². The number of rotatable bonds is 5. The molecule has 5 nitrogen and oxygen atoms in total. The van der Waals surface area contributed by atoms with Crippen LogP contribution in [-0.4, -0.2) is 59.8 Å². The average molecular weight is 347 g/mol. The number of hydrogen-bond acceptors (Lipinski definition) is 5. The van der Waals surface area contributed by atoms with E-state index < -0.39 is 5.79 Å². The number of benzene rings is 1. The van der Waals surface area contributed by atoms with Crippen LogP contribution >= 0.6 is 0 Å². The third kappa shape index (κ3) is 3.76. The van der Waals surface area contributed by atoms with Crippen LogP contribution in [0.5, 0.6) is 0 Å². The minimum Gasteiger partial charge on any atom is -0.391 e. The fourth-order valence-electron chi connectivity index (χ4n) is 4.62. The molecule has 3 saturated heterocycles. The van der Waals surface area contributed by atoms with Crippen molar-refractivity contribution in [1.29, 1.82) is 0 Å². The molecule has 0 aliphatic carbocycles. The first-order valence-corrected chi connectivity index (χ1v) is 9.41. The highest BCUT2D eigenvalue weighted by Gasteiger charge is 2.56. The molecule has 1 aromatic carbocycles. The summed E-state index contributed by atoms with van der Waals surface area (Å²) >= 11 is 0. The Morgan fingerprint density at radius 1 is 1.20 bits per heavy atom. The summed E-state index contributed by atoms with van der Waals surface area (Å²) in [6.45, 7) is 7.16. The van der Waals surface area contributed by atoms with Crippen LogP contribution in [0.2, 0.25) is 0 Å². The van der Waals surface area contributed by atoms with E-state index in [0.29, 0.717) is 12.5 Å². The highest BCUT2D eigenvalue weighted by molar-refractivity contribution is 5.13. The van der Waals surface area contributed by atoms with Gasteiger partial charge in [-0.3, -0.25) is 4.90 Å². The number of ether oxygens (including phenoxy) is 3. The molecule has 1 N–H and O–H groups in total. The van der Waals surface area contributed by atoms with Crippen LogP contribution in [0.3, 0.4) is 0 Å². The SMILES string of the molecule is CC1(C)OC2CN3C[C@H](CCOCc4ccccc4)C[C@@H](O)[C@@H]3[C@@H]2O1. The van der Waals surface area contributed by atoms with Gasteiger partial charge in [-0.15, -0.1) is 0 Å². The maximum Gasteiger partial charge on any atom is 0.163 e. The van der Waals surface area contributed by atoms with Gasteiger partial charge in [0, 0.05) is 19.7 Å². The van der Waals surface area contributed by atoms with Gasteiger partial charge in [0.15, 0.2) is 5.79 Å². The quantitative estimate of drug-likeness (QED) is 0.828. The molecular formula is C20H29NO4. The van der Waals surface area contributed by atoms with Crippen molar-refractivity contribution in [1.82, 2.24) is 4.90 Å². The molecule has 0 radical (unpaired) electrons. The highest BCUT2D eigenvalue weighted by Crippen LogP contribution is 2.41. The van der Waals surface area contributed by atoms with Gasteiger partial charge in [-0.05, 0) is 38.2 Å². The van der Waals surface area contributed by atoms with Crippen molar-refractivity contribution in [3.63, 3.8) is 0 Å². The first-order chi connectivity index (χ1) is 12.0. The fourth-order valence-corrected chi connectivity index (χ4v) is 4.62. The van der Waals surface area contributed by atoms with Crippen molar-refractivity contribution in [2.75, 3.05) is 19.7 Å². The van der Waals surface area contributed by atoms with Crippen molar-refractivity contribution in [3.05, 3.63) is 35.9 Å². The summed E-state index contributed by atoms with van der Waals surface area (Å²) in [7, 11) is 0. The summed E-state index contributed by atoms with van der Waals surface area (Å²) in [4.78, 5) is 2.36. The van der Waals surface area contributed by atoms with Crippen molar-refractivity contribution in [2.45, 2.75) is 63.4 Å². The highest BCUT2D eigenvalue weighted by atomic mass is 16.8. The van der Waals surface area contributed by atoms with Crippen molar-refractivity contribution >= 4 is 0 Å². The molecule has 5 heteroatoms. The van der Waals surface area contributed by atoms with E-state index in [4.69, 9.17) is 14.2 Å².